The number of benzene rings is 1. The largest absolute Gasteiger partial charge is 0.377 e. The summed E-state index contributed by atoms with van der Waals surface area (Å²) in [4.78, 5) is 15.5. The van der Waals surface area contributed by atoms with E-state index in [-0.39, 0.29) is 16.7 Å². The van der Waals surface area contributed by atoms with Gasteiger partial charge in [0.05, 0.1) is 11.0 Å². The summed E-state index contributed by atoms with van der Waals surface area (Å²) in [6, 6.07) is 5.35. The van der Waals surface area contributed by atoms with E-state index in [4.69, 9.17) is 4.74 Å². The monoisotopic (exact) mass is 320 g/mol. The Hall–Kier alpha value is -1.86. The quantitative estimate of drug-likeness (QED) is 0.660. The number of anilines is 2. The Kier molecular flexibility index (Phi) is 4.97. The molecule has 2 aliphatic heterocycles. The molecule has 0 radical (unpaired) electrons. The van der Waals surface area contributed by atoms with Crippen LogP contribution in [-0.4, -0.2) is 62.3 Å². The lowest BCUT2D eigenvalue weighted by atomic mass is 10.2. The third-order valence-electron chi connectivity index (χ3n) is 4.59. The highest BCUT2D eigenvalue weighted by Gasteiger charge is 2.21. The van der Waals surface area contributed by atoms with Gasteiger partial charge in [-0.1, -0.05) is 0 Å². The van der Waals surface area contributed by atoms with Crippen molar-refractivity contribution in [1.29, 1.82) is 0 Å². The van der Waals surface area contributed by atoms with Gasteiger partial charge in [0.2, 0.25) is 0 Å². The molecular weight excluding hydrogens is 296 g/mol. The summed E-state index contributed by atoms with van der Waals surface area (Å²) in [7, 11) is 2.11. The number of piperazine rings is 1. The van der Waals surface area contributed by atoms with Crippen LogP contribution < -0.4 is 10.2 Å². The molecule has 2 heterocycles. The molecule has 0 bridgehead atoms. The van der Waals surface area contributed by atoms with Crippen LogP contribution in [0.4, 0.5) is 17.1 Å². The van der Waals surface area contributed by atoms with Crippen LogP contribution in [0, 0.1) is 10.1 Å². The van der Waals surface area contributed by atoms with Crippen molar-refractivity contribution in [2.45, 2.75) is 18.9 Å². The second-order valence-corrected chi connectivity index (χ2v) is 6.26. The predicted molar refractivity (Wildman–Crippen MR) is 90.3 cm³/mol. The second-order valence-electron chi connectivity index (χ2n) is 6.26. The minimum Gasteiger partial charge on any atom is -0.377 e. The number of hydrogen-bond acceptors (Lipinski definition) is 6. The van der Waals surface area contributed by atoms with Crippen LogP contribution >= 0.6 is 0 Å². The summed E-state index contributed by atoms with van der Waals surface area (Å²) in [6.07, 6.45) is 2.23. The first-order chi connectivity index (χ1) is 11.1. The molecule has 0 aliphatic carbocycles. The Morgan fingerprint density at radius 3 is 2.78 bits per heavy atom. The zero-order chi connectivity index (χ0) is 16.2. The van der Waals surface area contributed by atoms with Crippen LogP contribution in [0.2, 0.25) is 0 Å². The molecule has 23 heavy (non-hydrogen) atoms. The molecular formula is C16H24N4O3. The zero-order valence-corrected chi connectivity index (χ0v) is 13.5. The van der Waals surface area contributed by atoms with Crippen LogP contribution in [0.3, 0.4) is 0 Å². The van der Waals surface area contributed by atoms with Gasteiger partial charge in [0.1, 0.15) is 5.69 Å². The average Bonchev–Trinajstić information content (AvgIpc) is 3.06. The van der Waals surface area contributed by atoms with E-state index in [1.54, 1.807) is 6.07 Å². The number of nitrogens with one attached hydrogen (secondary N) is 1. The summed E-state index contributed by atoms with van der Waals surface area (Å²) in [5, 5.41) is 14.5. The fourth-order valence-electron chi connectivity index (χ4n) is 3.12. The molecule has 7 nitrogen and oxygen atoms in total. The number of ether oxygens (including phenoxy) is 1. The van der Waals surface area contributed by atoms with Crippen LogP contribution in [0.1, 0.15) is 12.8 Å². The van der Waals surface area contributed by atoms with Gasteiger partial charge in [0.25, 0.3) is 5.69 Å². The van der Waals surface area contributed by atoms with Gasteiger partial charge in [-0.3, -0.25) is 10.1 Å². The average molecular weight is 320 g/mol. The van der Waals surface area contributed by atoms with Gasteiger partial charge >= 0.3 is 0 Å². The van der Waals surface area contributed by atoms with Gasteiger partial charge in [-0.15, -0.1) is 0 Å². The molecule has 1 aromatic carbocycles. The molecule has 0 saturated carbocycles. The molecule has 2 fully saturated rings. The van der Waals surface area contributed by atoms with Crippen molar-refractivity contribution in [3.8, 4) is 0 Å². The van der Waals surface area contributed by atoms with E-state index < -0.39 is 0 Å². The summed E-state index contributed by atoms with van der Waals surface area (Å²) in [5.74, 6) is 0. The van der Waals surface area contributed by atoms with Crippen LogP contribution in [0.15, 0.2) is 18.2 Å². The first-order valence-corrected chi connectivity index (χ1v) is 8.21. The van der Waals surface area contributed by atoms with E-state index in [9.17, 15) is 10.1 Å². The van der Waals surface area contributed by atoms with Crippen LogP contribution in [0.25, 0.3) is 0 Å². The van der Waals surface area contributed by atoms with E-state index in [0.29, 0.717) is 12.2 Å². The first-order valence-electron chi connectivity index (χ1n) is 8.21. The highest BCUT2D eigenvalue weighted by atomic mass is 16.6. The Bertz CT molecular complexity index is 552. The molecule has 7 heteroatoms. The molecule has 126 valence electrons. The van der Waals surface area contributed by atoms with Crippen molar-refractivity contribution >= 4 is 17.1 Å². The lowest BCUT2D eigenvalue weighted by Gasteiger charge is -2.34. The topological polar surface area (TPSA) is 70.9 Å². The van der Waals surface area contributed by atoms with Crippen molar-refractivity contribution in [2.24, 2.45) is 0 Å². The van der Waals surface area contributed by atoms with Crippen molar-refractivity contribution in [2.75, 3.05) is 56.6 Å². The van der Waals surface area contributed by atoms with Crippen LogP contribution in [0.5, 0.6) is 0 Å². The lowest BCUT2D eigenvalue weighted by molar-refractivity contribution is -0.383. The molecule has 0 amide bonds. The number of likely N-dealkylation sites (N-methyl/N-ethyl adjacent to an activating group) is 1. The van der Waals surface area contributed by atoms with Crippen molar-refractivity contribution < 1.29 is 9.66 Å². The third kappa shape index (κ3) is 3.92. The van der Waals surface area contributed by atoms with Crippen molar-refractivity contribution in [3.05, 3.63) is 28.3 Å². The van der Waals surface area contributed by atoms with Gasteiger partial charge in [-0.25, -0.2) is 0 Å². The van der Waals surface area contributed by atoms with E-state index in [2.05, 4.69) is 22.2 Å². The standard InChI is InChI=1S/C16H24N4O3/c1-18-6-8-19(9-7-18)13-4-5-16(20(21)22)15(11-13)17-12-14-3-2-10-23-14/h4-5,11,14,17H,2-3,6-10,12H2,1H3/t14-/m1/s1. The Balaban J connectivity index is 1.74. The SMILES string of the molecule is CN1CCN(c2ccc([N+](=O)[O-])c(NC[C@H]3CCCO3)c2)CC1. The molecule has 1 N–H and O–H groups in total. The Labute approximate surface area is 136 Å². The highest BCUT2D eigenvalue weighted by Crippen LogP contribution is 2.30. The smallest absolute Gasteiger partial charge is 0.292 e. The summed E-state index contributed by atoms with van der Waals surface area (Å²) < 4.78 is 5.59. The zero-order valence-electron chi connectivity index (χ0n) is 13.5. The fraction of sp³-hybridized carbons (Fsp3) is 0.625. The maximum atomic E-state index is 11.3. The van der Waals surface area contributed by atoms with Crippen molar-refractivity contribution in [1.82, 2.24) is 4.90 Å². The van der Waals surface area contributed by atoms with Crippen LogP contribution in [-0.2, 0) is 4.74 Å². The number of nitrogens with zero attached hydrogens (tertiary/aromatic N) is 3. The first kappa shape index (κ1) is 16.0. The maximum Gasteiger partial charge on any atom is 0.292 e. The Morgan fingerprint density at radius 1 is 1.35 bits per heavy atom. The molecule has 0 aromatic heterocycles. The number of nitro benzene ring substituents is 1. The third-order valence-corrected chi connectivity index (χ3v) is 4.59. The lowest BCUT2D eigenvalue weighted by Crippen LogP contribution is -2.44. The molecule has 0 unspecified atom stereocenters. The van der Waals surface area contributed by atoms with Crippen molar-refractivity contribution in [3.63, 3.8) is 0 Å². The number of hydrogen-bond donors (Lipinski definition) is 1. The van der Waals surface area contributed by atoms with E-state index in [1.165, 1.54) is 0 Å². The molecule has 3 rings (SSSR count). The molecule has 2 saturated heterocycles. The molecule has 1 aromatic rings. The van der Waals surface area contributed by atoms with Gasteiger partial charge in [-0.2, -0.15) is 0 Å². The van der Waals surface area contributed by atoms with E-state index in [0.717, 1.165) is 51.3 Å². The van der Waals surface area contributed by atoms with Gasteiger partial charge in [0, 0.05) is 51.1 Å². The highest BCUT2D eigenvalue weighted by molar-refractivity contribution is 5.69. The normalized spacial score (nSPS) is 22.3. The summed E-state index contributed by atoms with van der Waals surface area (Å²) in [5.41, 5.74) is 1.75. The molecule has 2 aliphatic rings. The minimum absolute atomic E-state index is 0.126. The molecule has 0 spiro atoms. The number of rotatable bonds is 5. The summed E-state index contributed by atoms with van der Waals surface area (Å²) in [6.45, 7) is 5.31. The van der Waals surface area contributed by atoms with Gasteiger partial charge in [0.15, 0.2) is 0 Å². The van der Waals surface area contributed by atoms with Gasteiger partial charge < -0.3 is 19.9 Å². The minimum atomic E-state index is -0.328. The molecule has 1 atom stereocenters. The maximum absolute atomic E-state index is 11.3. The predicted octanol–water partition coefficient (Wildman–Crippen LogP) is 1.94. The fourth-order valence-corrected chi connectivity index (χ4v) is 3.12. The van der Waals surface area contributed by atoms with E-state index >= 15 is 0 Å². The number of nitro groups is 1. The summed E-state index contributed by atoms with van der Waals surface area (Å²) >= 11 is 0. The van der Waals surface area contributed by atoms with Gasteiger partial charge in [-0.05, 0) is 32.0 Å². The Morgan fingerprint density at radius 2 is 2.13 bits per heavy atom. The second kappa shape index (κ2) is 7.14. The van der Waals surface area contributed by atoms with E-state index in [1.807, 2.05) is 12.1 Å².